The number of carbonyl (C=O) groups is 2. The van der Waals surface area contributed by atoms with Crippen molar-refractivity contribution >= 4 is 24.3 Å². The van der Waals surface area contributed by atoms with Gasteiger partial charge in [0.15, 0.2) is 5.41 Å². The summed E-state index contributed by atoms with van der Waals surface area (Å²) < 4.78 is 15.8. The number of carbonyl (C=O) groups excluding carboxylic acids is 2. The van der Waals surface area contributed by atoms with Crippen molar-refractivity contribution < 1.29 is 23.8 Å². The molecule has 0 saturated heterocycles. The van der Waals surface area contributed by atoms with Crippen molar-refractivity contribution in [3.05, 3.63) is 35.4 Å². The predicted molar refractivity (Wildman–Crippen MR) is 100 cm³/mol. The lowest BCUT2D eigenvalue weighted by molar-refractivity contribution is -0.176. The number of rotatable bonds is 8. The Morgan fingerprint density at radius 1 is 1.15 bits per heavy atom. The number of esters is 2. The molecule has 1 aliphatic rings. The maximum atomic E-state index is 13.0. The fourth-order valence-electron chi connectivity index (χ4n) is 3.74. The number of benzene rings is 1. The van der Waals surface area contributed by atoms with E-state index in [1.165, 1.54) is 7.11 Å². The van der Waals surface area contributed by atoms with Crippen LogP contribution >= 0.6 is 12.4 Å². The minimum atomic E-state index is -1.51. The fraction of sp³-hybridized carbons (Fsp3) is 0.579. The van der Waals surface area contributed by atoms with Crippen molar-refractivity contribution in [2.24, 2.45) is 11.1 Å². The average molecular weight is 386 g/mol. The molecule has 1 aromatic carbocycles. The summed E-state index contributed by atoms with van der Waals surface area (Å²) >= 11 is 0. The number of fused-ring (bicyclic) bond motifs is 1. The molecule has 0 spiro atoms. The molecule has 0 aliphatic heterocycles. The average Bonchev–Trinajstić information content (AvgIpc) is 2.93. The molecular formula is C19H28ClNO5. The quantitative estimate of drug-likeness (QED) is 0.545. The summed E-state index contributed by atoms with van der Waals surface area (Å²) in [6.07, 6.45) is 0.766. The van der Waals surface area contributed by atoms with E-state index in [4.69, 9.17) is 19.9 Å². The normalized spacial score (nSPS) is 18.6. The Kier molecular flexibility index (Phi) is 8.53. The lowest BCUT2D eigenvalue weighted by atomic mass is 9.68. The van der Waals surface area contributed by atoms with Gasteiger partial charge in [0.2, 0.25) is 0 Å². The summed E-state index contributed by atoms with van der Waals surface area (Å²) in [4.78, 5) is 26.0. The highest BCUT2D eigenvalue weighted by molar-refractivity contribution is 6.01. The lowest BCUT2D eigenvalue weighted by Gasteiger charge is -2.36. The number of ether oxygens (including phenoxy) is 3. The molecular weight excluding hydrogens is 358 g/mol. The third kappa shape index (κ3) is 4.03. The van der Waals surface area contributed by atoms with Crippen molar-refractivity contribution in [2.75, 3.05) is 26.9 Å². The number of halogens is 1. The van der Waals surface area contributed by atoms with Gasteiger partial charge in [-0.3, -0.25) is 9.59 Å². The molecule has 0 radical (unpaired) electrons. The fourth-order valence-corrected chi connectivity index (χ4v) is 3.74. The van der Waals surface area contributed by atoms with Crippen LogP contribution in [-0.4, -0.2) is 44.9 Å². The zero-order chi connectivity index (χ0) is 18.4. The van der Waals surface area contributed by atoms with E-state index < -0.39 is 23.3 Å². The first-order valence-electron chi connectivity index (χ1n) is 8.69. The van der Waals surface area contributed by atoms with E-state index in [0.717, 1.165) is 11.1 Å². The molecule has 0 amide bonds. The molecule has 0 heterocycles. The van der Waals surface area contributed by atoms with Crippen LogP contribution in [0.15, 0.2) is 24.3 Å². The van der Waals surface area contributed by atoms with Crippen molar-refractivity contribution in [3.63, 3.8) is 0 Å². The van der Waals surface area contributed by atoms with Crippen molar-refractivity contribution in [1.29, 1.82) is 0 Å². The highest BCUT2D eigenvalue weighted by atomic mass is 35.5. The first-order valence-corrected chi connectivity index (χ1v) is 8.69. The van der Waals surface area contributed by atoms with E-state index >= 15 is 0 Å². The summed E-state index contributed by atoms with van der Waals surface area (Å²) in [6, 6.07) is 7.35. The summed E-state index contributed by atoms with van der Waals surface area (Å²) in [5.74, 6) is -1.69. The van der Waals surface area contributed by atoms with Gasteiger partial charge in [0.1, 0.15) is 0 Å². The lowest BCUT2D eigenvalue weighted by Crippen LogP contribution is -2.51. The molecule has 2 atom stereocenters. The SMILES string of the molecule is CCOC(=O)C(CCOC)(C(=O)OCC)[C@@H]1c2ccccc2C[C@H]1N.Cl. The third-order valence-electron chi connectivity index (χ3n) is 4.78. The topological polar surface area (TPSA) is 87.8 Å². The Morgan fingerprint density at radius 2 is 1.73 bits per heavy atom. The molecule has 0 fully saturated rings. The standard InChI is InChI=1S/C19H27NO5.ClH/c1-4-24-17(21)19(10-11-23-3,18(22)25-5-2)16-14-9-7-6-8-13(14)12-15(16)20;/h6-9,15-16H,4-5,10-12,20H2,1-3H3;1H/t15-,16-;/m1./s1. The zero-order valence-electron chi connectivity index (χ0n) is 15.5. The van der Waals surface area contributed by atoms with Crippen LogP contribution in [0, 0.1) is 5.41 Å². The van der Waals surface area contributed by atoms with E-state index in [-0.39, 0.29) is 44.7 Å². The molecule has 1 aromatic rings. The Balaban J connectivity index is 0.00000338. The van der Waals surface area contributed by atoms with Gasteiger partial charge in [-0.15, -0.1) is 12.4 Å². The second-order valence-corrected chi connectivity index (χ2v) is 6.20. The van der Waals surface area contributed by atoms with Gasteiger partial charge >= 0.3 is 11.9 Å². The molecule has 0 saturated carbocycles. The molecule has 2 rings (SSSR count). The van der Waals surface area contributed by atoms with Crippen molar-refractivity contribution in [3.8, 4) is 0 Å². The Bertz CT molecular complexity index is 604. The third-order valence-corrected chi connectivity index (χ3v) is 4.78. The van der Waals surface area contributed by atoms with Crippen molar-refractivity contribution in [1.82, 2.24) is 0 Å². The number of hydrogen-bond acceptors (Lipinski definition) is 6. The summed E-state index contributed by atoms with van der Waals surface area (Å²) in [7, 11) is 1.53. The van der Waals surface area contributed by atoms with Gasteiger partial charge in [0, 0.05) is 25.7 Å². The molecule has 2 N–H and O–H groups in total. The second kappa shape index (κ2) is 9.90. The second-order valence-electron chi connectivity index (χ2n) is 6.20. The predicted octanol–water partition coefficient (Wildman–Crippen LogP) is 2.22. The summed E-state index contributed by atoms with van der Waals surface area (Å²) in [6.45, 7) is 4.01. The van der Waals surface area contributed by atoms with Crippen LogP contribution in [0.5, 0.6) is 0 Å². The van der Waals surface area contributed by atoms with Gasteiger partial charge in [-0.2, -0.15) is 0 Å². The molecule has 0 unspecified atom stereocenters. The molecule has 7 heteroatoms. The largest absolute Gasteiger partial charge is 0.465 e. The van der Waals surface area contributed by atoms with Gasteiger partial charge in [-0.25, -0.2) is 0 Å². The molecule has 0 aromatic heterocycles. The Hall–Kier alpha value is -1.63. The molecule has 1 aliphatic carbocycles. The highest BCUT2D eigenvalue weighted by Gasteiger charge is 2.58. The van der Waals surface area contributed by atoms with E-state index in [1.54, 1.807) is 13.8 Å². The van der Waals surface area contributed by atoms with Gasteiger partial charge in [0.25, 0.3) is 0 Å². The number of nitrogens with two attached hydrogens (primary N) is 1. The molecule has 0 bridgehead atoms. The molecule has 6 nitrogen and oxygen atoms in total. The Morgan fingerprint density at radius 3 is 2.27 bits per heavy atom. The van der Waals surface area contributed by atoms with Gasteiger partial charge in [-0.1, -0.05) is 24.3 Å². The maximum absolute atomic E-state index is 13.0. The smallest absolute Gasteiger partial charge is 0.324 e. The van der Waals surface area contributed by atoms with Crippen molar-refractivity contribution in [2.45, 2.75) is 38.6 Å². The first-order chi connectivity index (χ1) is 12.0. The van der Waals surface area contributed by atoms with Gasteiger partial charge < -0.3 is 19.9 Å². The van der Waals surface area contributed by atoms with Gasteiger partial charge in [-0.05, 0) is 37.8 Å². The van der Waals surface area contributed by atoms with E-state index in [9.17, 15) is 9.59 Å². The van der Waals surface area contributed by atoms with Crippen LogP contribution in [0.4, 0.5) is 0 Å². The monoisotopic (exact) mass is 385 g/mol. The van der Waals surface area contributed by atoms with Crippen LogP contribution in [0.2, 0.25) is 0 Å². The Labute approximate surface area is 160 Å². The number of methoxy groups -OCH3 is 1. The maximum Gasteiger partial charge on any atom is 0.324 e. The molecule has 146 valence electrons. The zero-order valence-corrected chi connectivity index (χ0v) is 16.3. The minimum absolute atomic E-state index is 0. The summed E-state index contributed by atoms with van der Waals surface area (Å²) in [5, 5.41) is 0. The number of hydrogen-bond donors (Lipinski definition) is 1. The first kappa shape index (κ1) is 22.4. The van der Waals surface area contributed by atoms with Crippen LogP contribution in [-0.2, 0) is 30.2 Å². The van der Waals surface area contributed by atoms with Crippen LogP contribution < -0.4 is 5.73 Å². The highest BCUT2D eigenvalue weighted by Crippen LogP contribution is 2.48. The summed E-state index contributed by atoms with van der Waals surface area (Å²) in [5.41, 5.74) is 6.85. The van der Waals surface area contributed by atoms with Crippen LogP contribution in [0.25, 0.3) is 0 Å². The van der Waals surface area contributed by atoms with Crippen LogP contribution in [0.3, 0.4) is 0 Å². The minimum Gasteiger partial charge on any atom is -0.465 e. The van der Waals surface area contributed by atoms with E-state index in [2.05, 4.69) is 0 Å². The van der Waals surface area contributed by atoms with E-state index in [0.29, 0.717) is 6.42 Å². The molecule has 26 heavy (non-hydrogen) atoms. The van der Waals surface area contributed by atoms with E-state index in [1.807, 2.05) is 24.3 Å². The van der Waals surface area contributed by atoms with Crippen LogP contribution in [0.1, 0.15) is 37.3 Å². The van der Waals surface area contributed by atoms with Gasteiger partial charge in [0.05, 0.1) is 13.2 Å².